The van der Waals surface area contributed by atoms with Crippen LogP contribution in [0.25, 0.3) is 0 Å². The van der Waals surface area contributed by atoms with E-state index in [4.69, 9.17) is 5.11 Å². The maximum Gasteiger partial charge on any atom is 0.303 e. The fourth-order valence-electron chi connectivity index (χ4n) is 8.41. The lowest BCUT2D eigenvalue weighted by molar-refractivity contribution is -0.181. The molecule has 0 aromatic rings. The third kappa shape index (κ3) is 3.18. The maximum absolute atomic E-state index is 13.6. The zero-order chi connectivity index (χ0) is 21.1. The molecule has 0 amide bonds. The Balaban J connectivity index is 1.62. The number of aliphatic hydroxyl groups is 2. The number of fused-ring (bicyclic) bond motifs is 5. The van der Waals surface area contributed by atoms with Crippen molar-refractivity contribution in [2.24, 2.45) is 46.3 Å². The Kier molecular flexibility index (Phi) is 5.39. The summed E-state index contributed by atoms with van der Waals surface area (Å²) in [5.74, 6) is 0.855. The monoisotopic (exact) mass is 406 g/mol. The molecule has 0 saturated heterocycles. The predicted molar refractivity (Wildman–Crippen MR) is 109 cm³/mol. The SMILES string of the molecule is CC(CCC(=O)O)[C@H]1CC[C@H]2[C@@H]3[C@H](O)C[C@@H]4C[C@H](O)CC[C@]4(C)[C@H]3CC(=O)[C@]12C. The number of ketones is 1. The summed E-state index contributed by atoms with van der Waals surface area (Å²) >= 11 is 0. The van der Waals surface area contributed by atoms with Crippen LogP contribution in [0.4, 0.5) is 0 Å². The van der Waals surface area contributed by atoms with Gasteiger partial charge < -0.3 is 15.3 Å². The van der Waals surface area contributed by atoms with Crippen molar-refractivity contribution >= 4 is 11.8 Å². The quantitative estimate of drug-likeness (QED) is 0.662. The van der Waals surface area contributed by atoms with Gasteiger partial charge in [-0.2, -0.15) is 0 Å². The van der Waals surface area contributed by atoms with E-state index in [1.807, 2.05) is 0 Å². The standard InChI is InChI=1S/C24H38O5/c1-13(4-7-21(28)29)16-5-6-17-22-18(12-20(27)24(16,17)3)23(2)9-8-15(25)10-14(23)11-19(22)26/h13-19,22,25-26H,4-12H2,1-3H3,(H,28,29)/t13?,14-,15+,16+,17-,18-,19+,22-,23-,24+/m0/s1. The topological polar surface area (TPSA) is 94.8 Å². The number of carboxylic acid groups (broad SMARTS) is 1. The van der Waals surface area contributed by atoms with E-state index in [1.165, 1.54) is 0 Å². The molecule has 0 aliphatic heterocycles. The fourth-order valence-corrected chi connectivity index (χ4v) is 8.41. The number of aliphatic hydroxyl groups excluding tert-OH is 2. The van der Waals surface area contributed by atoms with Gasteiger partial charge in [-0.25, -0.2) is 0 Å². The molecular formula is C24H38O5. The third-order valence-electron chi connectivity index (χ3n) is 10.1. The van der Waals surface area contributed by atoms with Crippen molar-refractivity contribution in [3.8, 4) is 0 Å². The normalized spacial score (nSPS) is 50.4. The zero-order valence-electron chi connectivity index (χ0n) is 18.1. The van der Waals surface area contributed by atoms with Gasteiger partial charge in [0.05, 0.1) is 12.2 Å². The van der Waals surface area contributed by atoms with E-state index in [0.717, 1.165) is 38.5 Å². The molecule has 4 rings (SSSR count). The number of carbonyl (C=O) groups is 2. The summed E-state index contributed by atoms with van der Waals surface area (Å²) in [4.78, 5) is 24.7. The van der Waals surface area contributed by atoms with Gasteiger partial charge in [0.25, 0.3) is 0 Å². The molecule has 0 aromatic carbocycles. The van der Waals surface area contributed by atoms with Crippen LogP contribution in [0.1, 0.15) is 78.6 Å². The molecule has 4 aliphatic carbocycles. The van der Waals surface area contributed by atoms with Gasteiger partial charge in [-0.15, -0.1) is 0 Å². The minimum absolute atomic E-state index is 0.0348. The molecular weight excluding hydrogens is 368 g/mol. The average Bonchev–Trinajstić information content (AvgIpc) is 3.01. The van der Waals surface area contributed by atoms with Crippen LogP contribution >= 0.6 is 0 Å². The van der Waals surface area contributed by atoms with Crippen molar-refractivity contribution in [1.29, 1.82) is 0 Å². The predicted octanol–water partition coefficient (Wildman–Crippen LogP) is 3.66. The summed E-state index contributed by atoms with van der Waals surface area (Å²) in [6.07, 6.45) is 5.82. The van der Waals surface area contributed by atoms with Crippen molar-refractivity contribution in [2.45, 2.75) is 90.8 Å². The van der Waals surface area contributed by atoms with Gasteiger partial charge in [-0.05, 0) is 85.9 Å². The third-order valence-corrected chi connectivity index (χ3v) is 10.1. The number of hydrogen-bond acceptors (Lipinski definition) is 4. The Labute approximate surface area is 174 Å². The Morgan fingerprint density at radius 2 is 1.86 bits per heavy atom. The number of Topliss-reactive ketones (excluding diaryl/α,β-unsaturated/α-hetero) is 1. The van der Waals surface area contributed by atoms with Gasteiger partial charge in [0, 0.05) is 18.3 Å². The van der Waals surface area contributed by atoms with Crippen LogP contribution in [0.3, 0.4) is 0 Å². The second kappa shape index (κ2) is 7.33. The van der Waals surface area contributed by atoms with Gasteiger partial charge in [0.15, 0.2) is 0 Å². The van der Waals surface area contributed by atoms with E-state index in [0.29, 0.717) is 24.5 Å². The zero-order valence-corrected chi connectivity index (χ0v) is 18.1. The van der Waals surface area contributed by atoms with Gasteiger partial charge in [-0.3, -0.25) is 9.59 Å². The maximum atomic E-state index is 13.6. The summed E-state index contributed by atoms with van der Waals surface area (Å²) in [5, 5.41) is 30.5. The van der Waals surface area contributed by atoms with Crippen LogP contribution in [0.15, 0.2) is 0 Å². The molecule has 164 valence electrons. The minimum Gasteiger partial charge on any atom is -0.481 e. The van der Waals surface area contributed by atoms with Crippen molar-refractivity contribution in [2.75, 3.05) is 0 Å². The molecule has 10 atom stereocenters. The second-order valence-electron chi connectivity index (χ2n) is 11.2. The van der Waals surface area contributed by atoms with E-state index in [9.17, 15) is 19.8 Å². The minimum atomic E-state index is -0.771. The lowest BCUT2D eigenvalue weighted by Crippen LogP contribution is -2.61. The smallest absolute Gasteiger partial charge is 0.303 e. The average molecular weight is 407 g/mol. The Hall–Kier alpha value is -0.940. The number of carbonyl (C=O) groups excluding carboxylic acids is 1. The number of hydrogen-bond donors (Lipinski definition) is 3. The van der Waals surface area contributed by atoms with E-state index in [-0.39, 0.29) is 47.5 Å². The molecule has 4 aliphatic rings. The number of rotatable bonds is 4. The molecule has 4 fully saturated rings. The molecule has 0 aromatic heterocycles. The molecule has 5 heteroatoms. The van der Waals surface area contributed by atoms with Crippen LogP contribution in [-0.4, -0.2) is 39.3 Å². The van der Waals surface area contributed by atoms with Crippen LogP contribution in [0.2, 0.25) is 0 Å². The van der Waals surface area contributed by atoms with Gasteiger partial charge in [-0.1, -0.05) is 20.8 Å². The molecule has 0 bridgehead atoms. The highest BCUT2D eigenvalue weighted by molar-refractivity contribution is 5.87. The molecule has 29 heavy (non-hydrogen) atoms. The Morgan fingerprint density at radius 3 is 2.55 bits per heavy atom. The van der Waals surface area contributed by atoms with Crippen LogP contribution in [-0.2, 0) is 9.59 Å². The molecule has 0 radical (unpaired) electrons. The number of carboxylic acids is 1. The van der Waals surface area contributed by atoms with Gasteiger partial charge in [0.2, 0.25) is 0 Å². The highest BCUT2D eigenvalue weighted by atomic mass is 16.4. The highest BCUT2D eigenvalue weighted by Crippen LogP contribution is 2.67. The lowest BCUT2D eigenvalue weighted by atomic mass is 9.43. The Morgan fingerprint density at radius 1 is 1.14 bits per heavy atom. The van der Waals surface area contributed by atoms with Crippen molar-refractivity contribution in [3.63, 3.8) is 0 Å². The number of aliphatic carboxylic acids is 1. The molecule has 0 heterocycles. The summed E-state index contributed by atoms with van der Waals surface area (Å²) in [6, 6.07) is 0. The summed E-state index contributed by atoms with van der Waals surface area (Å²) in [7, 11) is 0. The van der Waals surface area contributed by atoms with Crippen molar-refractivity contribution in [3.05, 3.63) is 0 Å². The molecule has 1 unspecified atom stereocenters. The van der Waals surface area contributed by atoms with E-state index in [1.54, 1.807) is 0 Å². The molecule has 5 nitrogen and oxygen atoms in total. The van der Waals surface area contributed by atoms with Gasteiger partial charge >= 0.3 is 5.97 Å². The van der Waals surface area contributed by atoms with E-state index in [2.05, 4.69) is 20.8 Å². The largest absolute Gasteiger partial charge is 0.481 e. The summed E-state index contributed by atoms with van der Waals surface area (Å²) < 4.78 is 0. The first kappa shape index (κ1) is 21.3. The highest BCUT2D eigenvalue weighted by Gasteiger charge is 2.65. The molecule has 4 saturated carbocycles. The fraction of sp³-hybridized carbons (Fsp3) is 0.917. The van der Waals surface area contributed by atoms with Crippen LogP contribution in [0, 0.1) is 46.3 Å². The van der Waals surface area contributed by atoms with Crippen LogP contribution in [0.5, 0.6) is 0 Å². The Bertz CT molecular complexity index is 676. The first-order valence-electron chi connectivity index (χ1n) is 11.7. The first-order valence-corrected chi connectivity index (χ1v) is 11.7. The van der Waals surface area contributed by atoms with Crippen molar-refractivity contribution < 1.29 is 24.9 Å². The summed E-state index contributed by atoms with van der Waals surface area (Å²) in [6.45, 7) is 6.54. The van der Waals surface area contributed by atoms with E-state index >= 15 is 0 Å². The van der Waals surface area contributed by atoms with Crippen LogP contribution < -0.4 is 0 Å². The first-order chi connectivity index (χ1) is 13.6. The van der Waals surface area contributed by atoms with E-state index < -0.39 is 17.5 Å². The van der Waals surface area contributed by atoms with Gasteiger partial charge in [0.1, 0.15) is 5.78 Å². The second-order valence-corrected chi connectivity index (χ2v) is 11.2. The molecule has 0 spiro atoms. The summed E-state index contributed by atoms with van der Waals surface area (Å²) in [5.41, 5.74) is -0.398. The molecule has 3 N–H and O–H groups in total. The van der Waals surface area contributed by atoms with Crippen molar-refractivity contribution in [1.82, 2.24) is 0 Å². The lowest BCUT2D eigenvalue weighted by Gasteiger charge is -2.61.